The third-order valence-corrected chi connectivity index (χ3v) is 2.93. The number of halogens is 2. The fourth-order valence-corrected chi connectivity index (χ4v) is 1.86. The molecule has 2 aromatic carbocycles. The van der Waals surface area contributed by atoms with Gasteiger partial charge in [-0.15, -0.1) is 0 Å². The highest BCUT2D eigenvalue weighted by Gasteiger charge is 2.17. The summed E-state index contributed by atoms with van der Waals surface area (Å²) in [7, 11) is 0. The first-order chi connectivity index (χ1) is 9.11. The fourth-order valence-electron chi connectivity index (χ4n) is 1.86. The molecule has 0 spiro atoms. The summed E-state index contributed by atoms with van der Waals surface area (Å²) in [5.41, 5.74) is 1.96. The van der Waals surface area contributed by atoms with Gasteiger partial charge >= 0.3 is 0 Å². The van der Waals surface area contributed by atoms with Gasteiger partial charge < -0.3 is 10.4 Å². The summed E-state index contributed by atoms with van der Waals surface area (Å²) >= 11 is 0. The molecule has 0 aliphatic rings. The molecule has 0 saturated carbocycles. The maximum Gasteiger partial charge on any atom is 0.164 e. The van der Waals surface area contributed by atoms with Crippen molar-refractivity contribution in [1.82, 2.24) is 0 Å². The maximum absolute atomic E-state index is 13.7. The summed E-state index contributed by atoms with van der Waals surface area (Å²) in [6.45, 7) is 1.63. The molecular weight excluding hydrogens is 248 g/mol. The molecule has 0 saturated heterocycles. The van der Waals surface area contributed by atoms with E-state index in [1.807, 2.05) is 31.2 Å². The second-order valence-electron chi connectivity index (χ2n) is 4.39. The van der Waals surface area contributed by atoms with Gasteiger partial charge in [0.2, 0.25) is 0 Å². The molecule has 2 N–H and O–H groups in total. The van der Waals surface area contributed by atoms with E-state index in [1.165, 1.54) is 12.1 Å². The summed E-state index contributed by atoms with van der Waals surface area (Å²) in [5, 5.41) is 12.3. The van der Waals surface area contributed by atoms with E-state index in [1.54, 1.807) is 0 Å². The first kappa shape index (κ1) is 13.5. The van der Waals surface area contributed by atoms with Crippen LogP contribution < -0.4 is 5.32 Å². The van der Waals surface area contributed by atoms with Gasteiger partial charge in [-0.2, -0.15) is 0 Å². The molecule has 0 radical (unpaired) electrons. The van der Waals surface area contributed by atoms with Gasteiger partial charge in [-0.05, 0) is 25.1 Å². The standard InChI is InChI=1S/C15H15F2NO/c1-10-5-7-11(8-6-10)18-14(9-19)12-3-2-4-13(16)15(12)17/h2-8,14,18-19H,9H2,1H3. The molecule has 100 valence electrons. The van der Waals surface area contributed by atoms with E-state index in [2.05, 4.69) is 5.32 Å². The van der Waals surface area contributed by atoms with E-state index in [0.717, 1.165) is 17.3 Å². The Morgan fingerprint density at radius 3 is 2.42 bits per heavy atom. The lowest BCUT2D eigenvalue weighted by Crippen LogP contribution is -2.16. The fraction of sp³-hybridized carbons (Fsp3) is 0.200. The van der Waals surface area contributed by atoms with Crippen LogP contribution in [0.1, 0.15) is 17.2 Å². The molecule has 0 aliphatic heterocycles. The van der Waals surface area contributed by atoms with E-state index < -0.39 is 17.7 Å². The number of aryl methyl sites for hydroxylation is 1. The summed E-state index contributed by atoms with van der Waals surface area (Å²) in [6.07, 6.45) is 0. The molecule has 0 aliphatic carbocycles. The van der Waals surface area contributed by atoms with E-state index >= 15 is 0 Å². The van der Waals surface area contributed by atoms with Crippen molar-refractivity contribution in [2.45, 2.75) is 13.0 Å². The van der Waals surface area contributed by atoms with Crippen LogP contribution in [-0.4, -0.2) is 11.7 Å². The molecule has 0 aromatic heterocycles. The highest BCUT2D eigenvalue weighted by molar-refractivity contribution is 5.47. The van der Waals surface area contributed by atoms with Gasteiger partial charge in [-0.3, -0.25) is 0 Å². The molecule has 0 fully saturated rings. The predicted molar refractivity (Wildman–Crippen MR) is 71.0 cm³/mol. The monoisotopic (exact) mass is 263 g/mol. The molecule has 4 heteroatoms. The van der Waals surface area contributed by atoms with Gasteiger partial charge in [0.15, 0.2) is 11.6 Å². The lowest BCUT2D eigenvalue weighted by molar-refractivity contribution is 0.273. The maximum atomic E-state index is 13.7. The van der Waals surface area contributed by atoms with Crippen molar-refractivity contribution in [3.8, 4) is 0 Å². The van der Waals surface area contributed by atoms with Gasteiger partial charge in [-0.25, -0.2) is 8.78 Å². The van der Waals surface area contributed by atoms with Gasteiger partial charge in [0, 0.05) is 11.3 Å². The Morgan fingerprint density at radius 2 is 1.79 bits per heavy atom. The molecule has 0 bridgehead atoms. The Labute approximate surface area is 110 Å². The number of hydrogen-bond donors (Lipinski definition) is 2. The third kappa shape index (κ3) is 3.09. The molecule has 0 heterocycles. The van der Waals surface area contributed by atoms with Crippen LogP contribution >= 0.6 is 0 Å². The number of benzene rings is 2. The van der Waals surface area contributed by atoms with Crippen molar-refractivity contribution in [3.05, 3.63) is 65.2 Å². The number of aliphatic hydroxyl groups excluding tert-OH is 1. The van der Waals surface area contributed by atoms with Gasteiger partial charge in [-0.1, -0.05) is 29.8 Å². The van der Waals surface area contributed by atoms with Crippen molar-refractivity contribution in [3.63, 3.8) is 0 Å². The minimum absolute atomic E-state index is 0.114. The zero-order chi connectivity index (χ0) is 13.8. The summed E-state index contributed by atoms with van der Waals surface area (Å²) in [4.78, 5) is 0. The average Bonchev–Trinajstić information content (AvgIpc) is 2.42. The summed E-state index contributed by atoms with van der Waals surface area (Å²) in [6, 6.07) is 10.7. The van der Waals surface area contributed by atoms with Crippen LogP contribution in [0, 0.1) is 18.6 Å². The second kappa shape index (κ2) is 5.80. The molecule has 0 amide bonds. The largest absolute Gasteiger partial charge is 0.394 e. The van der Waals surface area contributed by atoms with Crippen LogP contribution in [0.4, 0.5) is 14.5 Å². The Kier molecular flexibility index (Phi) is 4.12. The molecule has 2 rings (SSSR count). The second-order valence-corrected chi connectivity index (χ2v) is 4.39. The van der Waals surface area contributed by atoms with Crippen LogP contribution in [0.25, 0.3) is 0 Å². The highest BCUT2D eigenvalue weighted by atomic mass is 19.2. The van der Waals surface area contributed by atoms with Crippen molar-refractivity contribution < 1.29 is 13.9 Å². The zero-order valence-electron chi connectivity index (χ0n) is 10.5. The smallest absolute Gasteiger partial charge is 0.164 e. The van der Waals surface area contributed by atoms with Crippen LogP contribution in [0.3, 0.4) is 0 Å². The topological polar surface area (TPSA) is 32.3 Å². The molecule has 1 unspecified atom stereocenters. The van der Waals surface area contributed by atoms with E-state index in [4.69, 9.17) is 0 Å². The average molecular weight is 263 g/mol. The van der Waals surface area contributed by atoms with Crippen LogP contribution in [0.2, 0.25) is 0 Å². The Hall–Kier alpha value is -1.94. The minimum Gasteiger partial charge on any atom is -0.394 e. The van der Waals surface area contributed by atoms with E-state index in [9.17, 15) is 13.9 Å². The molecule has 1 atom stereocenters. The van der Waals surface area contributed by atoms with Crippen molar-refractivity contribution in [2.75, 3.05) is 11.9 Å². The molecule has 2 aromatic rings. The number of hydrogen-bond acceptors (Lipinski definition) is 2. The van der Waals surface area contributed by atoms with Crippen molar-refractivity contribution in [2.24, 2.45) is 0 Å². The SMILES string of the molecule is Cc1ccc(NC(CO)c2cccc(F)c2F)cc1. The van der Waals surface area contributed by atoms with Gasteiger partial charge in [0.25, 0.3) is 0 Å². The van der Waals surface area contributed by atoms with Crippen molar-refractivity contribution in [1.29, 1.82) is 0 Å². The quantitative estimate of drug-likeness (QED) is 0.886. The number of rotatable bonds is 4. The lowest BCUT2D eigenvalue weighted by Gasteiger charge is -2.19. The Balaban J connectivity index is 2.25. The van der Waals surface area contributed by atoms with Gasteiger partial charge in [0.1, 0.15) is 0 Å². The van der Waals surface area contributed by atoms with E-state index in [0.29, 0.717) is 0 Å². The number of aliphatic hydroxyl groups is 1. The van der Waals surface area contributed by atoms with Crippen molar-refractivity contribution >= 4 is 5.69 Å². The predicted octanol–water partition coefficient (Wildman–Crippen LogP) is 3.42. The zero-order valence-corrected chi connectivity index (χ0v) is 10.5. The molecular formula is C15H15F2NO. The van der Waals surface area contributed by atoms with Gasteiger partial charge in [0.05, 0.1) is 12.6 Å². The minimum atomic E-state index is -0.929. The molecule has 2 nitrogen and oxygen atoms in total. The van der Waals surface area contributed by atoms with E-state index in [-0.39, 0.29) is 12.2 Å². The third-order valence-electron chi connectivity index (χ3n) is 2.93. The Morgan fingerprint density at radius 1 is 1.11 bits per heavy atom. The Bertz CT molecular complexity index is 555. The number of anilines is 1. The highest BCUT2D eigenvalue weighted by Crippen LogP contribution is 2.23. The summed E-state index contributed by atoms with van der Waals surface area (Å²) in [5.74, 6) is -1.84. The van der Waals surface area contributed by atoms with Crippen LogP contribution in [0.5, 0.6) is 0 Å². The normalized spacial score (nSPS) is 12.2. The lowest BCUT2D eigenvalue weighted by atomic mass is 10.1. The van der Waals surface area contributed by atoms with Crippen LogP contribution in [0.15, 0.2) is 42.5 Å². The first-order valence-corrected chi connectivity index (χ1v) is 6.00. The van der Waals surface area contributed by atoms with Crippen LogP contribution in [-0.2, 0) is 0 Å². The number of nitrogens with one attached hydrogen (secondary N) is 1. The first-order valence-electron chi connectivity index (χ1n) is 6.00. The summed E-state index contributed by atoms with van der Waals surface area (Å²) < 4.78 is 26.9. The molecule has 19 heavy (non-hydrogen) atoms.